The van der Waals surface area contributed by atoms with Gasteiger partial charge in [-0.3, -0.25) is 9.69 Å². The maximum atomic E-state index is 11.8. The largest absolute Gasteiger partial charge is 0.379 e. The number of hydrogen-bond donors (Lipinski definition) is 1. The molecule has 0 spiro atoms. The van der Waals surface area contributed by atoms with Gasteiger partial charge in [0.2, 0.25) is 5.91 Å². The highest BCUT2D eigenvalue weighted by Gasteiger charge is 2.19. The molecule has 0 aliphatic carbocycles. The van der Waals surface area contributed by atoms with E-state index in [1.807, 2.05) is 13.8 Å². The Kier molecular flexibility index (Phi) is 6.65. The molecule has 0 radical (unpaired) electrons. The monoisotopic (exact) mass is 256 g/mol. The summed E-state index contributed by atoms with van der Waals surface area (Å²) in [5.41, 5.74) is 0. The van der Waals surface area contributed by atoms with E-state index in [0.29, 0.717) is 5.92 Å². The first-order valence-electron chi connectivity index (χ1n) is 7.11. The van der Waals surface area contributed by atoms with Gasteiger partial charge in [0.1, 0.15) is 0 Å². The fourth-order valence-corrected chi connectivity index (χ4v) is 2.07. The molecule has 0 aromatic heterocycles. The van der Waals surface area contributed by atoms with E-state index in [0.717, 1.165) is 39.3 Å². The third-order valence-electron chi connectivity index (χ3n) is 3.52. The van der Waals surface area contributed by atoms with Crippen molar-refractivity contribution in [2.45, 2.75) is 40.2 Å². The van der Waals surface area contributed by atoms with Crippen molar-refractivity contribution in [1.82, 2.24) is 10.2 Å². The van der Waals surface area contributed by atoms with Gasteiger partial charge in [-0.05, 0) is 12.3 Å². The second-order valence-electron chi connectivity index (χ2n) is 5.76. The molecule has 0 aromatic carbocycles. The van der Waals surface area contributed by atoms with Gasteiger partial charge in [-0.1, -0.05) is 27.7 Å². The summed E-state index contributed by atoms with van der Waals surface area (Å²) in [5, 5.41) is 3.16. The lowest BCUT2D eigenvalue weighted by Gasteiger charge is -2.30. The zero-order valence-electron chi connectivity index (χ0n) is 12.2. The first kappa shape index (κ1) is 15.4. The van der Waals surface area contributed by atoms with Crippen molar-refractivity contribution in [2.75, 3.05) is 32.8 Å². The number of hydrogen-bond acceptors (Lipinski definition) is 3. The van der Waals surface area contributed by atoms with Gasteiger partial charge in [-0.2, -0.15) is 0 Å². The standard InChI is InChI=1S/C14H28N2O2/c1-11(2)13(15-14(17)12(3)4)5-6-16-7-9-18-10-8-16/h11-13H,5-10H2,1-4H3,(H,15,17). The second kappa shape index (κ2) is 7.74. The summed E-state index contributed by atoms with van der Waals surface area (Å²) in [5.74, 6) is 0.707. The molecular formula is C14H28N2O2. The highest BCUT2D eigenvalue weighted by molar-refractivity contribution is 5.78. The highest BCUT2D eigenvalue weighted by Crippen LogP contribution is 2.09. The summed E-state index contributed by atoms with van der Waals surface area (Å²) < 4.78 is 5.34. The smallest absolute Gasteiger partial charge is 0.222 e. The van der Waals surface area contributed by atoms with Crippen molar-refractivity contribution < 1.29 is 9.53 Å². The lowest BCUT2D eigenvalue weighted by Crippen LogP contribution is -2.44. The van der Waals surface area contributed by atoms with E-state index in [1.165, 1.54) is 0 Å². The number of carbonyl (C=O) groups is 1. The quantitative estimate of drug-likeness (QED) is 0.783. The Labute approximate surface area is 111 Å². The van der Waals surface area contributed by atoms with Gasteiger partial charge in [0.25, 0.3) is 0 Å². The van der Waals surface area contributed by atoms with Crippen LogP contribution in [0.15, 0.2) is 0 Å². The van der Waals surface area contributed by atoms with Gasteiger partial charge in [-0.15, -0.1) is 0 Å². The molecule has 4 nitrogen and oxygen atoms in total. The average Bonchev–Trinajstić information content (AvgIpc) is 2.34. The molecule has 0 saturated carbocycles. The summed E-state index contributed by atoms with van der Waals surface area (Å²) in [4.78, 5) is 14.2. The van der Waals surface area contributed by atoms with Crippen molar-refractivity contribution in [1.29, 1.82) is 0 Å². The number of nitrogens with one attached hydrogen (secondary N) is 1. The number of rotatable bonds is 6. The Bertz CT molecular complexity index is 248. The second-order valence-corrected chi connectivity index (χ2v) is 5.76. The molecule has 1 aliphatic rings. The molecule has 1 fully saturated rings. The van der Waals surface area contributed by atoms with Crippen molar-refractivity contribution in [2.24, 2.45) is 11.8 Å². The first-order valence-corrected chi connectivity index (χ1v) is 7.11. The van der Waals surface area contributed by atoms with Crippen LogP contribution >= 0.6 is 0 Å². The van der Waals surface area contributed by atoms with Gasteiger partial charge in [0.15, 0.2) is 0 Å². The number of ether oxygens (including phenoxy) is 1. The van der Waals surface area contributed by atoms with E-state index in [-0.39, 0.29) is 17.9 Å². The lowest BCUT2D eigenvalue weighted by atomic mass is 9.99. The Morgan fingerprint density at radius 2 is 1.83 bits per heavy atom. The third kappa shape index (κ3) is 5.36. The maximum Gasteiger partial charge on any atom is 0.222 e. The van der Waals surface area contributed by atoms with Crippen LogP contribution in [0.1, 0.15) is 34.1 Å². The van der Waals surface area contributed by atoms with Crippen LogP contribution in [-0.4, -0.2) is 49.7 Å². The Morgan fingerprint density at radius 3 is 2.33 bits per heavy atom. The molecule has 1 atom stereocenters. The molecule has 0 aromatic rings. The van der Waals surface area contributed by atoms with Crippen LogP contribution in [0.5, 0.6) is 0 Å². The predicted octanol–water partition coefficient (Wildman–Crippen LogP) is 1.51. The molecule has 18 heavy (non-hydrogen) atoms. The van der Waals surface area contributed by atoms with Gasteiger partial charge < -0.3 is 10.1 Å². The molecule has 1 saturated heterocycles. The molecule has 1 N–H and O–H groups in total. The summed E-state index contributed by atoms with van der Waals surface area (Å²) in [6.07, 6.45) is 1.02. The SMILES string of the molecule is CC(C)C(=O)NC(CCN1CCOCC1)C(C)C. The molecule has 1 unspecified atom stereocenters. The van der Waals surface area contributed by atoms with Crippen molar-refractivity contribution >= 4 is 5.91 Å². The molecule has 1 rings (SSSR count). The van der Waals surface area contributed by atoms with Crippen molar-refractivity contribution in [3.05, 3.63) is 0 Å². The fourth-order valence-electron chi connectivity index (χ4n) is 2.07. The predicted molar refractivity (Wildman–Crippen MR) is 73.5 cm³/mol. The van der Waals surface area contributed by atoms with Gasteiger partial charge in [0, 0.05) is 31.6 Å². The van der Waals surface area contributed by atoms with Gasteiger partial charge >= 0.3 is 0 Å². The number of amides is 1. The van der Waals surface area contributed by atoms with Crippen molar-refractivity contribution in [3.8, 4) is 0 Å². The lowest BCUT2D eigenvalue weighted by molar-refractivity contribution is -0.125. The zero-order chi connectivity index (χ0) is 13.5. The van der Waals surface area contributed by atoms with Crippen LogP contribution in [0.25, 0.3) is 0 Å². The molecule has 4 heteroatoms. The molecular weight excluding hydrogens is 228 g/mol. The summed E-state index contributed by atoms with van der Waals surface area (Å²) in [7, 11) is 0. The van der Waals surface area contributed by atoms with Crippen molar-refractivity contribution in [3.63, 3.8) is 0 Å². The van der Waals surface area contributed by atoms with E-state index >= 15 is 0 Å². The third-order valence-corrected chi connectivity index (χ3v) is 3.52. The van der Waals surface area contributed by atoms with Crippen LogP contribution < -0.4 is 5.32 Å². The van der Waals surface area contributed by atoms with Crippen LogP contribution in [0, 0.1) is 11.8 Å². The molecule has 1 heterocycles. The zero-order valence-corrected chi connectivity index (χ0v) is 12.2. The van der Waals surface area contributed by atoms with Crippen LogP contribution in [0.2, 0.25) is 0 Å². The molecule has 1 amide bonds. The number of carbonyl (C=O) groups excluding carboxylic acids is 1. The van der Waals surface area contributed by atoms with E-state index < -0.39 is 0 Å². The summed E-state index contributed by atoms with van der Waals surface area (Å²) in [6.45, 7) is 13.0. The minimum atomic E-state index is 0.0645. The van der Waals surface area contributed by atoms with E-state index in [1.54, 1.807) is 0 Å². The molecule has 1 aliphatic heterocycles. The van der Waals surface area contributed by atoms with E-state index in [9.17, 15) is 4.79 Å². The summed E-state index contributed by atoms with van der Waals surface area (Å²) in [6, 6.07) is 0.280. The van der Waals surface area contributed by atoms with Crippen LogP contribution in [0.3, 0.4) is 0 Å². The maximum absolute atomic E-state index is 11.8. The fraction of sp³-hybridized carbons (Fsp3) is 0.929. The van der Waals surface area contributed by atoms with E-state index in [4.69, 9.17) is 4.74 Å². The number of nitrogens with zero attached hydrogens (tertiary/aromatic N) is 1. The van der Waals surface area contributed by atoms with Gasteiger partial charge in [0.05, 0.1) is 13.2 Å². The molecule has 0 bridgehead atoms. The summed E-state index contributed by atoms with van der Waals surface area (Å²) >= 11 is 0. The number of morpholine rings is 1. The Morgan fingerprint density at radius 1 is 1.22 bits per heavy atom. The normalized spacial score (nSPS) is 19.2. The minimum Gasteiger partial charge on any atom is -0.379 e. The van der Waals surface area contributed by atoms with E-state index in [2.05, 4.69) is 24.1 Å². The van der Waals surface area contributed by atoms with Crippen LogP contribution in [-0.2, 0) is 9.53 Å². The Hall–Kier alpha value is -0.610. The Balaban J connectivity index is 2.35. The molecule has 106 valence electrons. The minimum absolute atomic E-state index is 0.0645. The highest BCUT2D eigenvalue weighted by atomic mass is 16.5. The van der Waals surface area contributed by atoms with Gasteiger partial charge in [-0.25, -0.2) is 0 Å². The van der Waals surface area contributed by atoms with Crippen LogP contribution in [0.4, 0.5) is 0 Å². The first-order chi connectivity index (χ1) is 8.50. The topological polar surface area (TPSA) is 41.6 Å². The average molecular weight is 256 g/mol.